The van der Waals surface area contributed by atoms with E-state index in [1.54, 1.807) is 6.07 Å². The van der Waals surface area contributed by atoms with Gasteiger partial charge >= 0.3 is 0 Å². The standard InChI is InChI=1S/C17H11F3N4O/c18-10-2-1-3-11(6-10)23-16-9-21-15(8-22-16)17(25)24-12-4-5-13(19)14(20)7-12/h1-9H,(H,22,23)(H,24,25). The Labute approximate surface area is 140 Å². The molecular weight excluding hydrogens is 333 g/mol. The molecule has 0 aliphatic carbocycles. The van der Waals surface area contributed by atoms with Crippen molar-refractivity contribution in [2.75, 3.05) is 10.6 Å². The van der Waals surface area contributed by atoms with Gasteiger partial charge in [-0.15, -0.1) is 0 Å². The second kappa shape index (κ2) is 7.00. The minimum atomic E-state index is -1.07. The van der Waals surface area contributed by atoms with E-state index in [0.29, 0.717) is 11.5 Å². The Balaban J connectivity index is 1.68. The summed E-state index contributed by atoms with van der Waals surface area (Å²) in [4.78, 5) is 20.0. The second-order valence-corrected chi connectivity index (χ2v) is 5.01. The van der Waals surface area contributed by atoms with E-state index >= 15 is 0 Å². The molecule has 1 amide bonds. The van der Waals surface area contributed by atoms with E-state index in [2.05, 4.69) is 20.6 Å². The highest BCUT2D eigenvalue weighted by Crippen LogP contribution is 2.16. The van der Waals surface area contributed by atoms with Gasteiger partial charge in [-0.05, 0) is 30.3 Å². The number of carbonyl (C=O) groups is 1. The number of aromatic nitrogens is 2. The number of nitrogens with zero attached hydrogens (tertiary/aromatic N) is 2. The molecule has 3 rings (SSSR count). The molecule has 0 saturated carbocycles. The van der Waals surface area contributed by atoms with Gasteiger partial charge in [-0.25, -0.2) is 23.1 Å². The Hall–Kier alpha value is -3.42. The topological polar surface area (TPSA) is 66.9 Å². The van der Waals surface area contributed by atoms with Crippen molar-refractivity contribution in [1.29, 1.82) is 0 Å². The van der Waals surface area contributed by atoms with Crippen molar-refractivity contribution in [1.82, 2.24) is 9.97 Å². The Morgan fingerprint density at radius 2 is 1.72 bits per heavy atom. The van der Waals surface area contributed by atoms with Crippen LogP contribution in [0, 0.1) is 17.5 Å². The van der Waals surface area contributed by atoms with Gasteiger partial charge in [0.05, 0.1) is 12.4 Å². The van der Waals surface area contributed by atoms with Crippen molar-refractivity contribution in [3.63, 3.8) is 0 Å². The zero-order valence-electron chi connectivity index (χ0n) is 12.6. The molecule has 3 aromatic rings. The number of benzene rings is 2. The van der Waals surface area contributed by atoms with Gasteiger partial charge in [0.1, 0.15) is 17.3 Å². The molecule has 0 fully saturated rings. The SMILES string of the molecule is O=C(Nc1ccc(F)c(F)c1)c1cnc(Nc2cccc(F)c2)cn1. The van der Waals surface area contributed by atoms with Gasteiger partial charge in [-0.3, -0.25) is 4.79 Å². The summed E-state index contributed by atoms with van der Waals surface area (Å²) in [6, 6.07) is 8.77. The molecule has 0 atom stereocenters. The van der Waals surface area contributed by atoms with Crippen LogP contribution in [0.2, 0.25) is 0 Å². The average molecular weight is 344 g/mol. The van der Waals surface area contributed by atoms with Gasteiger partial charge in [0, 0.05) is 17.4 Å². The lowest BCUT2D eigenvalue weighted by atomic mass is 10.3. The van der Waals surface area contributed by atoms with Crippen molar-refractivity contribution in [3.8, 4) is 0 Å². The quantitative estimate of drug-likeness (QED) is 0.753. The monoisotopic (exact) mass is 344 g/mol. The van der Waals surface area contributed by atoms with Gasteiger partial charge in [-0.1, -0.05) is 6.07 Å². The number of halogens is 3. The average Bonchev–Trinajstić information content (AvgIpc) is 2.59. The van der Waals surface area contributed by atoms with E-state index in [9.17, 15) is 18.0 Å². The van der Waals surface area contributed by atoms with Gasteiger partial charge in [0.15, 0.2) is 11.6 Å². The minimum Gasteiger partial charge on any atom is -0.339 e. The van der Waals surface area contributed by atoms with E-state index < -0.39 is 23.4 Å². The Morgan fingerprint density at radius 1 is 0.880 bits per heavy atom. The van der Waals surface area contributed by atoms with Gasteiger partial charge in [0.25, 0.3) is 5.91 Å². The summed E-state index contributed by atoms with van der Waals surface area (Å²) in [6.07, 6.45) is 2.50. The van der Waals surface area contributed by atoms with Gasteiger partial charge in [0.2, 0.25) is 0 Å². The molecule has 2 aromatic carbocycles. The van der Waals surface area contributed by atoms with Crippen molar-refractivity contribution < 1.29 is 18.0 Å². The van der Waals surface area contributed by atoms with E-state index in [1.807, 2.05) is 0 Å². The number of amides is 1. The Bertz CT molecular complexity index is 916. The Kier molecular flexibility index (Phi) is 4.60. The highest BCUT2D eigenvalue weighted by Gasteiger charge is 2.10. The van der Waals surface area contributed by atoms with Crippen LogP contribution < -0.4 is 10.6 Å². The lowest BCUT2D eigenvalue weighted by molar-refractivity contribution is 0.102. The molecule has 0 bridgehead atoms. The first-order valence-electron chi connectivity index (χ1n) is 7.12. The molecule has 0 spiro atoms. The van der Waals surface area contributed by atoms with Crippen LogP contribution in [0.5, 0.6) is 0 Å². The maximum absolute atomic E-state index is 13.1. The molecule has 0 radical (unpaired) electrons. The van der Waals surface area contributed by atoms with Gasteiger partial charge in [-0.2, -0.15) is 0 Å². The fraction of sp³-hybridized carbons (Fsp3) is 0. The van der Waals surface area contributed by atoms with Crippen LogP contribution in [0.1, 0.15) is 10.5 Å². The number of anilines is 3. The third-order valence-corrected chi connectivity index (χ3v) is 3.16. The first-order valence-corrected chi connectivity index (χ1v) is 7.12. The van der Waals surface area contributed by atoms with E-state index in [4.69, 9.17) is 0 Å². The van der Waals surface area contributed by atoms with Crippen LogP contribution in [-0.4, -0.2) is 15.9 Å². The zero-order chi connectivity index (χ0) is 17.8. The van der Waals surface area contributed by atoms with Crippen LogP contribution in [0.15, 0.2) is 54.9 Å². The molecule has 2 N–H and O–H groups in total. The van der Waals surface area contributed by atoms with E-state index in [1.165, 1.54) is 36.7 Å². The third-order valence-electron chi connectivity index (χ3n) is 3.16. The molecule has 126 valence electrons. The third kappa shape index (κ3) is 4.11. The molecule has 0 aliphatic rings. The molecule has 5 nitrogen and oxygen atoms in total. The van der Waals surface area contributed by atoms with Crippen LogP contribution in [0.25, 0.3) is 0 Å². The molecule has 0 unspecified atom stereocenters. The molecule has 0 saturated heterocycles. The largest absolute Gasteiger partial charge is 0.339 e. The number of rotatable bonds is 4. The smallest absolute Gasteiger partial charge is 0.275 e. The highest BCUT2D eigenvalue weighted by molar-refractivity contribution is 6.02. The summed E-state index contributed by atoms with van der Waals surface area (Å²) in [7, 11) is 0. The lowest BCUT2D eigenvalue weighted by Crippen LogP contribution is -2.14. The van der Waals surface area contributed by atoms with Crippen molar-refractivity contribution in [2.24, 2.45) is 0 Å². The van der Waals surface area contributed by atoms with Crippen LogP contribution >= 0.6 is 0 Å². The molecule has 0 aliphatic heterocycles. The minimum absolute atomic E-state index is 0.0190. The van der Waals surface area contributed by atoms with Crippen LogP contribution in [0.3, 0.4) is 0 Å². The van der Waals surface area contributed by atoms with Gasteiger partial charge < -0.3 is 10.6 Å². The maximum atomic E-state index is 13.1. The summed E-state index contributed by atoms with van der Waals surface area (Å²) in [6.45, 7) is 0. The van der Waals surface area contributed by atoms with E-state index in [-0.39, 0.29) is 11.4 Å². The number of hydrogen-bond acceptors (Lipinski definition) is 4. The summed E-state index contributed by atoms with van der Waals surface area (Å²) in [5, 5.41) is 5.22. The predicted octanol–water partition coefficient (Wildman–Crippen LogP) is 3.89. The summed E-state index contributed by atoms with van der Waals surface area (Å²) in [5.74, 6) is -2.80. The fourth-order valence-corrected chi connectivity index (χ4v) is 1.99. The Morgan fingerprint density at radius 3 is 2.40 bits per heavy atom. The lowest BCUT2D eigenvalue weighted by Gasteiger charge is -2.07. The second-order valence-electron chi connectivity index (χ2n) is 5.01. The zero-order valence-corrected chi connectivity index (χ0v) is 12.6. The number of carbonyl (C=O) groups excluding carboxylic acids is 1. The maximum Gasteiger partial charge on any atom is 0.275 e. The summed E-state index contributed by atoms with van der Waals surface area (Å²) < 4.78 is 39.1. The first kappa shape index (κ1) is 16.4. The van der Waals surface area contributed by atoms with Crippen LogP contribution in [0.4, 0.5) is 30.4 Å². The summed E-state index contributed by atoms with van der Waals surface area (Å²) >= 11 is 0. The van der Waals surface area contributed by atoms with Crippen molar-refractivity contribution in [3.05, 3.63) is 78.0 Å². The highest BCUT2D eigenvalue weighted by atomic mass is 19.2. The van der Waals surface area contributed by atoms with Crippen molar-refractivity contribution in [2.45, 2.75) is 0 Å². The predicted molar refractivity (Wildman–Crippen MR) is 86.0 cm³/mol. The molecule has 1 heterocycles. The number of nitrogens with one attached hydrogen (secondary N) is 2. The number of hydrogen-bond donors (Lipinski definition) is 2. The van der Waals surface area contributed by atoms with E-state index in [0.717, 1.165) is 12.1 Å². The molecule has 25 heavy (non-hydrogen) atoms. The molecular formula is C17H11F3N4O. The fourth-order valence-electron chi connectivity index (χ4n) is 1.99. The molecule has 1 aromatic heterocycles. The molecule has 8 heteroatoms. The summed E-state index contributed by atoms with van der Waals surface area (Å²) in [5.41, 5.74) is 0.551. The normalized spacial score (nSPS) is 10.4. The first-order chi connectivity index (χ1) is 12.0. The van der Waals surface area contributed by atoms with Crippen molar-refractivity contribution >= 4 is 23.1 Å². The van der Waals surface area contributed by atoms with Crippen LogP contribution in [-0.2, 0) is 0 Å².